The summed E-state index contributed by atoms with van der Waals surface area (Å²) in [7, 11) is 1.76. The summed E-state index contributed by atoms with van der Waals surface area (Å²) in [5.41, 5.74) is 0.316. The molecule has 19 heavy (non-hydrogen) atoms. The van der Waals surface area contributed by atoms with Gasteiger partial charge in [0.05, 0.1) is 11.8 Å². The van der Waals surface area contributed by atoms with Crippen molar-refractivity contribution in [2.45, 2.75) is 26.2 Å². The second-order valence-corrected chi connectivity index (χ2v) is 5.11. The molecule has 1 N–H and O–H groups in total. The van der Waals surface area contributed by atoms with E-state index in [1.165, 1.54) is 18.9 Å². The molecule has 0 aliphatic heterocycles. The van der Waals surface area contributed by atoms with Crippen molar-refractivity contribution in [1.29, 1.82) is 0 Å². The first-order valence-electron chi connectivity index (χ1n) is 6.76. The highest BCUT2D eigenvalue weighted by Crippen LogP contribution is 2.30. The minimum atomic E-state index is -0.481. The minimum Gasteiger partial charge on any atom is -0.369 e. The lowest BCUT2D eigenvalue weighted by molar-refractivity contribution is 0.0788. The number of rotatable bonds is 6. The Bertz CT molecular complexity index is 460. The molecule has 1 aliphatic rings. The Kier molecular flexibility index (Phi) is 4.35. The summed E-state index contributed by atoms with van der Waals surface area (Å²) in [6.07, 6.45) is 4.42. The highest BCUT2D eigenvalue weighted by atomic mass is 19.1. The molecule has 1 fully saturated rings. The zero-order chi connectivity index (χ0) is 13.8. The molecule has 5 heteroatoms. The molecular formula is C14H20FN3O. The molecule has 1 aliphatic carbocycles. The third kappa shape index (κ3) is 3.66. The predicted molar refractivity (Wildman–Crippen MR) is 72.7 cm³/mol. The molecule has 1 amide bonds. The number of amides is 1. The van der Waals surface area contributed by atoms with E-state index < -0.39 is 5.82 Å². The number of pyridine rings is 1. The maximum Gasteiger partial charge on any atom is 0.257 e. The number of nitrogens with zero attached hydrogens (tertiary/aromatic N) is 2. The van der Waals surface area contributed by atoms with Crippen LogP contribution in [0.3, 0.4) is 0 Å². The van der Waals surface area contributed by atoms with E-state index in [0.717, 1.165) is 19.2 Å². The van der Waals surface area contributed by atoms with Crippen LogP contribution in [0.1, 0.15) is 36.5 Å². The van der Waals surface area contributed by atoms with Crippen molar-refractivity contribution in [3.8, 4) is 0 Å². The monoisotopic (exact) mass is 265 g/mol. The van der Waals surface area contributed by atoms with Crippen LogP contribution in [0.15, 0.2) is 12.3 Å². The quantitative estimate of drug-likeness (QED) is 0.859. The Morgan fingerprint density at radius 3 is 2.95 bits per heavy atom. The van der Waals surface area contributed by atoms with Crippen LogP contribution in [0.25, 0.3) is 0 Å². The summed E-state index contributed by atoms with van der Waals surface area (Å²) in [6.45, 7) is 3.48. The number of aromatic nitrogens is 1. The Morgan fingerprint density at radius 2 is 2.32 bits per heavy atom. The summed E-state index contributed by atoms with van der Waals surface area (Å²) < 4.78 is 13.3. The first-order valence-corrected chi connectivity index (χ1v) is 6.76. The Hall–Kier alpha value is -1.65. The highest BCUT2D eigenvalue weighted by Gasteiger charge is 2.26. The van der Waals surface area contributed by atoms with E-state index in [9.17, 15) is 9.18 Å². The summed E-state index contributed by atoms with van der Waals surface area (Å²) in [5.74, 6) is 0.432. The van der Waals surface area contributed by atoms with Crippen LogP contribution < -0.4 is 5.32 Å². The molecule has 1 heterocycles. The summed E-state index contributed by atoms with van der Waals surface area (Å²) in [4.78, 5) is 18.0. The summed E-state index contributed by atoms with van der Waals surface area (Å²) in [6, 6.07) is 1.26. The topological polar surface area (TPSA) is 45.2 Å². The lowest BCUT2D eigenvalue weighted by atomic mass is 10.2. The van der Waals surface area contributed by atoms with Gasteiger partial charge in [-0.1, -0.05) is 6.92 Å². The van der Waals surface area contributed by atoms with Crippen LogP contribution in [0.4, 0.5) is 10.2 Å². The molecule has 0 radical (unpaired) electrons. The minimum absolute atomic E-state index is 0.169. The van der Waals surface area contributed by atoms with Gasteiger partial charge in [0.25, 0.3) is 5.91 Å². The van der Waals surface area contributed by atoms with Crippen LogP contribution >= 0.6 is 0 Å². The number of carbonyl (C=O) groups excluding carboxylic acids is 1. The van der Waals surface area contributed by atoms with Crippen LogP contribution in [0.5, 0.6) is 0 Å². The lowest BCUT2D eigenvalue weighted by Crippen LogP contribution is -2.29. The van der Waals surface area contributed by atoms with Crippen molar-refractivity contribution < 1.29 is 9.18 Å². The zero-order valence-electron chi connectivity index (χ0n) is 11.4. The van der Waals surface area contributed by atoms with Crippen molar-refractivity contribution in [3.05, 3.63) is 23.6 Å². The van der Waals surface area contributed by atoms with Crippen molar-refractivity contribution in [2.75, 3.05) is 25.5 Å². The first kappa shape index (κ1) is 13.8. The SMILES string of the molecule is CCCNc1ncc(F)cc1C(=O)N(C)CC1CC1. The molecule has 104 valence electrons. The molecule has 2 rings (SSSR count). The van der Waals surface area contributed by atoms with Gasteiger partial charge in [0.15, 0.2) is 0 Å². The lowest BCUT2D eigenvalue weighted by Gasteiger charge is -2.18. The van der Waals surface area contributed by atoms with Gasteiger partial charge < -0.3 is 10.2 Å². The van der Waals surface area contributed by atoms with Gasteiger partial charge in [-0.15, -0.1) is 0 Å². The highest BCUT2D eigenvalue weighted by molar-refractivity contribution is 5.98. The number of halogens is 1. The van der Waals surface area contributed by atoms with E-state index >= 15 is 0 Å². The van der Waals surface area contributed by atoms with Gasteiger partial charge in [0.2, 0.25) is 0 Å². The van der Waals surface area contributed by atoms with E-state index in [0.29, 0.717) is 23.8 Å². The number of hydrogen-bond donors (Lipinski definition) is 1. The van der Waals surface area contributed by atoms with E-state index in [4.69, 9.17) is 0 Å². The van der Waals surface area contributed by atoms with Gasteiger partial charge in [-0.2, -0.15) is 0 Å². The molecule has 1 saturated carbocycles. The fraction of sp³-hybridized carbons (Fsp3) is 0.571. The van der Waals surface area contributed by atoms with Gasteiger partial charge in [0, 0.05) is 20.1 Å². The molecule has 1 aromatic heterocycles. The van der Waals surface area contributed by atoms with Gasteiger partial charge in [0.1, 0.15) is 11.6 Å². The Morgan fingerprint density at radius 1 is 1.58 bits per heavy atom. The van der Waals surface area contributed by atoms with Crippen LogP contribution in [0.2, 0.25) is 0 Å². The molecule has 0 atom stereocenters. The third-order valence-corrected chi connectivity index (χ3v) is 3.20. The van der Waals surface area contributed by atoms with Gasteiger partial charge in [-0.05, 0) is 31.2 Å². The maximum atomic E-state index is 13.3. The molecule has 1 aromatic rings. The van der Waals surface area contributed by atoms with Crippen molar-refractivity contribution >= 4 is 11.7 Å². The second-order valence-electron chi connectivity index (χ2n) is 5.11. The largest absolute Gasteiger partial charge is 0.369 e. The summed E-state index contributed by atoms with van der Waals surface area (Å²) >= 11 is 0. The number of anilines is 1. The van der Waals surface area contributed by atoms with Crippen LogP contribution in [-0.4, -0.2) is 35.9 Å². The van der Waals surface area contributed by atoms with E-state index in [1.54, 1.807) is 11.9 Å². The van der Waals surface area contributed by atoms with E-state index in [-0.39, 0.29) is 5.91 Å². The average molecular weight is 265 g/mol. The van der Waals surface area contributed by atoms with Gasteiger partial charge in [-0.25, -0.2) is 9.37 Å². The number of carbonyl (C=O) groups is 1. The molecule has 0 saturated heterocycles. The molecule has 0 unspecified atom stereocenters. The van der Waals surface area contributed by atoms with Crippen LogP contribution in [-0.2, 0) is 0 Å². The van der Waals surface area contributed by atoms with Gasteiger partial charge in [-0.3, -0.25) is 4.79 Å². The predicted octanol–water partition coefficient (Wildman–Crippen LogP) is 2.52. The second kappa shape index (κ2) is 5.99. The fourth-order valence-electron chi connectivity index (χ4n) is 1.96. The Balaban J connectivity index is 2.14. The molecular weight excluding hydrogens is 245 g/mol. The number of nitrogens with one attached hydrogen (secondary N) is 1. The Labute approximate surface area is 113 Å². The normalized spacial score (nSPS) is 14.3. The average Bonchev–Trinajstić information content (AvgIpc) is 3.20. The van der Waals surface area contributed by atoms with Crippen molar-refractivity contribution in [2.24, 2.45) is 5.92 Å². The van der Waals surface area contributed by atoms with Crippen LogP contribution in [0, 0.1) is 11.7 Å². The van der Waals surface area contributed by atoms with E-state index in [1.807, 2.05) is 6.92 Å². The maximum absolute atomic E-state index is 13.3. The van der Waals surface area contributed by atoms with Crippen molar-refractivity contribution in [1.82, 2.24) is 9.88 Å². The number of hydrogen-bond acceptors (Lipinski definition) is 3. The molecule has 0 aromatic carbocycles. The van der Waals surface area contributed by atoms with E-state index in [2.05, 4.69) is 10.3 Å². The molecule has 0 spiro atoms. The molecule has 4 nitrogen and oxygen atoms in total. The third-order valence-electron chi connectivity index (χ3n) is 3.20. The molecule has 0 bridgehead atoms. The van der Waals surface area contributed by atoms with Gasteiger partial charge >= 0.3 is 0 Å². The fourth-order valence-corrected chi connectivity index (χ4v) is 1.96. The summed E-state index contributed by atoms with van der Waals surface area (Å²) in [5, 5.41) is 3.07. The standard InChI is InChI=1S/C14H20FN3O/c1-3-6-16-13-12(7-11(15)8-17-13)14(19)18(2)9-10-4-5-10/h7-8,10H,3-6,9H2,1-2H3,(H,16,17). The smallest absolute Gasteiger partial charge is 0.257 e. The van der Waals surface area contributed by atoms with Crippen molar-refractivity contribution in [3.63, 3.8) is 0 Å². The first-order chi connectivity index (χ1) is 9.11. The zero-order valence-corrected chi connectivity index (χ0v) is 11.4.